The molecule has 43 heavy (non-hydrogen) atoms. The van der Waals surface area contributed by atoms with Crippen molar-refractivity contribution >= 4 is 38.4 Å². The van der Waals surface area contributed by atoms with Crippen molar-refractivity contribution < 1.29 is 14.6 Å². The first kappa shape index (κ1) is 31.8. The van der Waals surface area contributed by atoms with Crippen LogP contribution in [0.3, 0.4) is 0 Å². The Hall–Kier alpha value is -2.62. The molecule has 2 heterocycles. The highest BCUT2D eigenvalue weighted by Crippen LogP contribution is 2.38. The van der Waals surface area contributed by atoms with Crippen molar-refractivity contribution in [3.05, 3.63) is 75.4 Å². The van der Waals surface area contributed by atoms with Crippen LogP contribution >= 0.6 is 27.5 Å². The molecule has 2 N–H and O–H groups in total. The molecule has 0 saturated carbocycles. The van der Waals surface area contributed by atoms with Crippen molar-refractivity contribution in [3.8, 4) is 22.6 Å². The first-order chi connectivity index (χ1) is 21.0. The van der Waals surface area contributed by atoms with E-state index in [2.05, 4.69) is 67.2 Å². The largest absolute Gasteiger partial charge is 0.493 e. The molecule has 0 amide bonds. The minimum atomic E-state index is -0.0290. The second-order valence-electron chi connectivity index (χ2n) is 11.2. The van der Waals surface area contributed by atoms with Crippen molar-refractivity contribution in [2.45, 2.75) is 65.3 Å². The van der Waals surface area contributed by atoms with Gasteiger partial charge in [0, 0.05) is 46.2 Å². The highest BCUT2D eigenvalue weighted by Gasteiger charge is 2.16. The lowest BCUT2D eigenvalue weighted by atomic mass is 10.00. The Morgan fingerprint density at radius 1 is 1.00 bits per heavy atom. The van der Waals surface area contributed by atoms with Gasteiger partial charge in [0.2, 0.25) is 0 Å². The van der Waals surface area contributed by atoms with Gasteiger partial charge in [-0.3, -0.25) is 4.68 Å². The maximum Gasteiger partial charge on any atom is 0.142 e. The van der Waals surface area contributed by atoms with E-state index in [1.54, 1.807) is 0 Å². The monoisotopic (exact) mass is 668 g/mol. The molecule has 0 spiro atoms. The van der Waals surface area contributed by atoms with E-state index in [1.165, 1.54) is 38.9 Å². The van der Waals surface area contributed by atoms with Crippen LogP contribution in [0.4, 0.5) is 0 Å². The summed E-state index contributed by atoms with van der Waals surface area (Å²) in [5, 5.41) is 19.1. The SMILES string of the molecule is CCOc1cc(OCc2cccc(-c3cccc4c3cnn4CCCCN3CCCC3)c2Br)c(Cl)cc1CNC(C)CO. The Balaban J connectivity index is 1.30. The summed E-state index contributed by atoms with van der Waals surface area (Å²) in [6.07, 6.45) is 7.01. The van der Waals surface area contributed by atoms with Gasteiger partial charge in [0.1, 0.15) is 18.1 Å². The van der Waals surface area contributed by atoms with Crippen LogP contribution in [-0.4, -0.2) is 58.7 Å². The maximum absolute atomic E-state index is 9.35. The number of unbranched alkanes of at least 4 members (excludes halogenated alkanes) is 1. The molecule has 3 aromatic carbocycles. The van der Waals surface area contributed by atoms with Crippen LogP contribution < -0.4 is 14.8 Å². The number of nitrogens with one attached hydrogen (secondary N) is 1. The van der Waals surface area contributed by atoms with Crippen LogP contribution in [0.15, 0.2) is 59.2 Å². The third-order valence-electron chi connectivity index (χ3n) is 8.06. The number of likely N-dealkylation sites (tertiary alicyclic amines) is 1. The number of halogens is 2. The van der Waals surface area contributed by atoms with Crippen LogP contribution in [0.5, 0.6) is 11.5 Å². The van der Waals surface area contributed by atoms with Crippen molar-refractivity contribution in [3.63, 3.8) is 0 Å². The van der Waals surface area contributed by atoms with E-state index < -0.39 is 0 Å². The molecular formula is C34H42BrClN4O3. The maximum atomic E-state index is 9.35. The van der Waals surface area contributed by atoms with Gasteiger partial charge >= 0.3 is 0 Å². The van der Waals surface area contributed by atoms with Crippen LogP contribution in [0.1, 0.15) is 50.7 Å². The summed E-state index contributed by atoms with van der Waals surface area (Å²) in [7, 11) is 0. The lowest BCUT2D eigenvalue weighted by molar-refractivity contribution is 0.250. The number of benzene rings is 3. The van der Waals surface area contributed by atoms with E-state index in [0.717, 1.165) is 50.6 Å². The first-order valence-corrected chi connectivity index (χ1v) is 16.5. The molecule has 5 rings (SSSR count). The van der Waals surface area contributed by atoms with Crippen molar-refractivity contribution in [1.29, 1.82) is 0 Å². The Morgan fingerprint density at radius 3 is 2.56 bits per heavy atom. The number of ether oxygens (including phenoxy) is 2. The lowest BCUT2D eigenvalue weighted by Crippen LogP contribution is -2.28. The standard InChI is InChI=1S/C34H42BrClN4O3/c1-3-42-32-19-33(30(36)18-26(32)20-37-24(2)22-41)43-23-25-10-8-12-28(34(25)35)27-11-9-13-31-29(27)21-38-40(31)17-7-6-16-39-14-4-5-15-39/h8-13,18-19,21,24,37,41H,3-7,14-17,20,22-23H2,1-2H3. The number of aryl methyl sites for hydroxylation is 1. The average Bonchev–Trinajstić information content (AvgIpc) is 3.69. The molecular weight excluding hydrogens is 628 g/mol. The quantitative estimate of drug-likeness (QED) is 0.128. The minimum absolute atomic E-state index is 0.0290. The predicted molar refractivity (Wildman–Crippen MR) is 178 cm³/mol. The smallest absolute Gasteiger partial charge is 0.142 e. The van der Waals surface area contributed by atoms with Gasteiger partial charge in [0.25, 0.3) is 0 Å². The third-order valence-corrected chi connectivity index (χ3v) is 9.29. The second-order valence-corrected chi connectivity index (χ2v) is 12.4. The summed E-state index contributed by atoms with van der Waals surface area (Å²) >= 11 is 10.5. The van der Waals surface area contributed by atoms with Gasteiger partial charge in [-0.1, -0.05) is 41.9 Å². The number of nitrogens with zero attached hydrogens (tertiary/aromatic N) is 3. The molecule has 7 nitrogen and oxygen atoms in total. The summed E-state index contributed by atoms with van der Waals surface area (Å²) < 4.78 is 15.3. The fourth-order valence-electron chi connectivity index (χ4n) is 5.64. The van der Waals surface area contributed by atoms with Gasteiger partial charge in [-0.2, -0.15) is 5.10 Å². The average molecular weight is 670 g/mol. The van der Waals surface area contributed by atoms with Gasteiger partial charge in [0.05, 0.1) is 29.9 Å². The second kappa shape index (κ2) is 15.4. The summed E-state index contributed by atoms with van der Waals surface area (Å²) in [4.78, 5) is 2.58. The summed E-state index contributed by atoms with van der Waals surface area (Å²) in [5.41, 5.74) is 5.33. The normalized spacial score (nSPS) is 14.4. The molecule has 1 unspecified atom stereocenters. The summed E-state index contributed by atoms with van der Waals surface area (Å²) in [6, 6.07) is 16.4. The zero-order chi connectivity index (χ0) is 30.2. The topological polar surface area (TPSA) is 71.8 Å². The molecule has 1 aliphatic rings. The number of aliphatic hydroxyl groups excluding tert-OH is 1. The first-order valence-electron chi connectivity index (χ1n) is 15.3. The molecule has 0 radical (unpaired) electrons. The van der Waals surface area contributed by atoms with Crippen LogP contribution in [0.25, 0.3) is 22.0 Å². The van der Waals surface area contributed by atoms with Crippen LogP contribution in [0, 0.1) is 0 Å². The van der Waals surface area contributed by atoms with E-state index in [4.69, 9.17) is 26.2 Å². The lowest BCUT2D eigenvalue weighted by Gasteiger charge is -2.17. The number of fused-ring (bicyclic) bond motifs is 1. The number of aromatic nitrogens is 2. The molecule has 0 aliphatic carbocycles. The fourth-order valence-corrected chi connectivity index (χ4v) is 6.47. The molecule has 1 aliphatic heterocycles. The Morgan fingerprint density at radius 2 is 1.77 bits per heavy atom. The van der Waals surface area contributed by atoms with E-state index in [9.17, 15) is 5.11 Å². The zero-order valence-corrected chi connectivity index (χ0v) is 27.5. The number of hydrogen-bond acceptors (Lipinski definition) is 6. The molecule has 230 valence electrons. The summed E-state index contributed by atoms with van der Waals surface area (Å²) in [6.45, 7) is 9.95. The molecule has 9 heteroatoms. The van der Waals surface area contributed by atoms with Gasteiger partial charge in [0.15, 0.2) is 0 Å². The Bertz CT molecular complexity index is 1500. The molecule has 1 aromatic heterocycles. The van der Waals surface area contributed by atoms with E-state index in [0.29, 0.717) is 36.3 Å². The van der Waals surface area contributed by atoms with Gasteiger partial charge < -0.3 is 24.8 Å². The molecule has 1 atom stereocenters. The minimum Gasteiger partial charge on any atom is -0.493 e. The third kappa shape index (κ3) is 7.91. The van der Waals surface area contributed by atoms with Crippen LogP contribution in [0.2, 0.25) is 5.02 Å². The molecule has 1 fully saturated rings. The number of rotatable bonds is 15. The molecule has 1 saturated heterocycles. The predicted octanol–water partition coefficient (Wildman–Crippen LogP) is 7.44. The van der Waals surface area contributed by atoms with E-state index in [-0.39, 0.29) is 12.6 Å². The van der Waals surface area contributed by atoms with Crippen molar-refractivity contribution in [1.82, 2.24) is 20.0 Å². The van der Waals surface area contributed by atoms with Gasteiger partial charge in [-0.15, -0.1) is 0 Å². The van der Waals surface area contributed by atoms with E-state index >= 15 is 0 Å². The number of aliphatic hydroxyl groups is 1. The number of hydrogen-bond donors (Lipinski definition) is 2. The zero-order valence-electron chi connectivity index (χ0n) is 25.1. The van der Waals surface area contributed by atoms with E-state index in [1.807, 2.05) is 32.2 Å². The van der Waals surface area contributed by atoms with Gasteiger partial charge in [-0.25, -0.2) is 0 Å². The van der Waals surface area contributed by atoms with Crippen molar-refractivity contribution in [2.75, 3.05) is 32.8 Å². The molecule has 0 bridgehead atoms. The Kier molecular flexibility index (Phi) is 11.4. The highest BCUT2D eigenvalue weighted by molar-refractivity contribution is 9.10. The Labute approximate surface area is 268 Å². The van der Waals surface area contributed by atoms with Gasteiger partial charge in [-0.05, 0) is 98.4 Å². The summed E-state index contributed by atoms with van der Waals surface area (Å²) in [5.74, 6) is 1.28. The highest BCUT2D eigenvalue weighted by atomic mass is 79.9. The fraction of sp³-hybridized carbons (Fsp3) is 0.441. The van der Waals surface area contributed by atoms with Crippen molar-refractivity contribution in [2.24, 2.45) is 0 Å². The van der Waals surface area contributed by atoms with Crippen LogP contribution in [-0.2, 0) is 19.7 Å². The molecule has 4 aromatic rings.